The Balaban J connectivity index is 1.19. The molecular weight excluding hydrogens is 715 g/mol. The third kappa shape index (κ3) is 5.78. The van der Waals surface area contributed by atoms with Gasteiger partial charge in [0.1, 0.15) is 0 Å². The Labute approximate surface area is 344 Å². The fraction of sp³-hybridized carbons (Fsp3) is 0.0179. The first-order valence-corrected chi connectivity index (χ1v) is 20.1. The summed E-state index contributed by atoms with van der Waals surface area (Å²) in [6.45, 7) is 0. The van der Waals surface area contributed by atoms with E-state index in [9.17, 15) is 0 Å². The van der Waals surface area contributed by atoms with Gasteiger partial charge in [-0.3, -0.25) is 0 Å². The molecule has 276 valence electrons. The van der Waals surface area contributed by atoms with Crippen molar-refractivity contribution in [2.24, 2.45) is 0 Å². The topological polar surface area (TPSA) is 38.7 Å². The van der Waals surface area contributed by atoms with E-state index in [0.717, 1.165) is 38.8 Å². The molecular formula is C56H37N3. The maximum Gasteiger partial charge on any atom is 0.164 e. The molecule has 59 heavy (non-hydrogen) atoms. The summed E-state index contributed by atoms with van der Waals surface area (Å²) in [4.78, 5) is 16.0. The van der Waals surface area contributed by atoms with Crippen molar-refractivity contribution in [1.29, 1.82) is 0 Å². The SMILES string of the molecule is c1ccc(-c2ccc(-c3nc(-c4ccc(-c5ccccc5)cc4)nc(-c4cc5ccccc5c5c4-c4ccccc4C5(c4ccccc4)c4ccccc4)n3)cc2)cc1. The minimum atomic E-state index is -0.594. The molecule has 0 N–H and O–H groups in total. The van der Waals surface area contributed by atoms with E-state index in [1.165, 1.54) is 44.3 Å². The zero-order valence-corrected chi connectivity index (χ0v) is 32.2. The molecule has 0 atom stereocenters. The van der Waals surface area contributed by atoms with Gasteiger partial charge in [0.15, 0.2) is 17.5 Å². The first kappa shape index (κ1) is 34.5. The summed E-state index contributed by atoms with van der Waals surface area (Å²) in [5, 5.41) is 2.34. The summed E-state index contributed by atoms with van der Waals surface area (Å²) < 4.78 is 0. The molecule has 1 heterocycles. The molecule has 3 heteroatoms. The number of aromatic nitrogens is 3. The van der Waals surface area contributed by atoms with Crippen LogP contribution >= 0.6 is 0 Å². The van der Waals surface area contributed by atoms with Crippen LogP contribution < -0.4 is 0 Å². The average molecular weight is 752 g/mol. The lowest BCUT2D eigenvalue weighted by Crippen LogP contribution is -2.28. The van der Waals surface area contributed by atoms with E-state index in [0.29, 0.717) is 17.5 Å². The van der Waals surface area contributed by atoms with Gasteiger partial charge in [0.25, 0.3) is 0 Å². The van der Waals surface area contributed by atoms with E-state index < -0.39 is 5.41 Å². The van der Waals surface area contributed by atoms with Crippen LogP contribution in [0.25, 0.3) is 78.3 Å². The molecule has 0 saturated carbocycles. The Hall–Kier alpha value is -7.75. The van der Waals surface area contributed by atoms with Crippen molar-refractivity contribution in [2.45, 2.75) is 5.41 Å². The normalized spacial score (nSPS) is 12.5. The fourth-order valence-electron chi connectivity index (χ4n) is 9.14. The lowest BCUT2D eigenvalue weighted by Gasteiger charge is -2.34. The molecule has 0 unspecified atom stereocenters. The van der Waals surface area contributed by atoms with Crippen LogP contribution in [0.1, 0.15) is 22.3 Å². The number of fused-ring (bicyclic) bond motifs is 5. The molecule has 0 saturated heterocycles. The first-order chi connectivity index (χ1) is 29.3. The van der Waals surface area contributed by atoms with E-state index in [4.69, 9.17) is 15.0 Å². The van der Waals surface area contributed by atoms with E-state index in [-0.39, 0.29) is 0 Å². The molecule has 11 rings (SSSR count). The second kappa shape index (κ2) is 14.3. The average Bonchev–Trinajstić information content (AvgIpc) is 3.65. The van der Waals surface area contributed by atoms with E-state index in [1.54, 1.807) is 0 Å². The van der Waals surface area contributed by atoms with Gasteiger partial charge < -0.3 is 0 Å². The van der Waals surface area contributed by atoms with Gasteiger partial charge in [-0.1, -0.05) is 218 Å². The van der Waals surface area contributed by atoms with Gasteiger partial charge in [-0.05, 0) is 72.5 Å². The van der Waals surface area contributed by atoms with Crippen LogP contribution in [0.2, 0.25) is 0 Å². The second-order valence-electron chi connectivity index (χ2n) is 15.1. The Morgan fingerprint density at radius 1 is 0.305 bits per heavy atom. The first-order valence-electron chi connectivity index (χ1n) is 20.1. The minimum Gasteiger partial charge on any atom is -0.208 e. The summed E-state index contributed by atoms with van der Waals surface area (Å²) in [5.74, 6) is 1.89. The second-order valence-corrected chi connectivity index (χ2v) is 15.1. The highest BCUT2D eigenvalue weighted by Gasteiger charge is 2.48. The van der Waals surface area contributed by atoms with Gasteiger partial charge in [0.2, 0.25) is 0 Å². The van der Waals surface area contributed by atoms with Crippen molar-refractivity contribution >= 4 is 10.8 Å². The number of nitrogens with zero attached hydrogens (tertiary/aromatic N) is 3. The Kier molecular flexibility index (Phi) is 8.37. The highest BCUT2D eigenvalue weighted by atomic mass is 15.0. The quantitative estimate of drug-likeness (QED) is 0.163. The number of benzene rings is 9. The molecule has 0 spiro atoms. The van der Waals surface area contributed by atoms with Crippen LogP contribution in [0.4, 0.5) is 0 Å². The third-order valence-corrected chi connectivity index (χ3v) is 11.8. The van der Waals surface area contributed by atoms with Gasteiger partial charge >= 0.3 is 0 Å². The van der Waals surface area contributed by atoms with E-state index >= 15 is 0 Å². The Morgan fingerprint density at radius 3 is 1.25 bits per heavy atom. The van der Waals surface area contributed by atoms with Crippen molar-refractivity contribution in [3.8, 4) is 67.5 Å². The van der Waals surface area contributed by atoms with Gasteiger partial charge in [-0.25, -0.2) is 15.0 Å². The molecule has 0 fully saturated rings. The molecule has 0 bridgehead atoms. The predicted octanol–water partition coefficient (Wildman–Crippen LogP) is 13.7. The maximum atomic E-state index is 5.40. The number of hydrogen-bond acceptors (Lipinski definition) is 3. The molecule has 3 nitrogen and oxygen atoms in total. The zero-order valence-electron chi connectivity index (χ0n) is 32.2. The molecule has 0 radical (unpaired) electrons. The highest BCUT2D eigenvalue weighted by Crippen LogP contribution is 2.60. The standard InChI is InChI=1S/C56H37N3/c1-5-17-38(18-6-1)40-29-33-42(34-30-40)53-57-54(43-35-31-41(32-36-43)39-19-7-2-8-20-39)59-55(58-53)49-37-44-21-13-14-26-47(44)52-51(49)48-27-15-16-28-50(48)56(52,45-22-9-3-10-23-45)46-24-11-4-12-25-46/h1-37H. The zero-order chi connectivity index (χ0) is 39.2. The lowest BCUT2D eigenvalue weighted by molar-refractivity contribution is 0.775. The highest BCUT2D eigenvalue weighted by molar-refractivity contribution is 6.06. The van der Waals surface area contributed by atoms with Gasteiger partial charge in [-0.15, -0.1) is 0 Å². The van der Waals surface area contributed by atoms with Crippen LogP contribution in [0.5, 0.6) is 0 Å². The molecule has 1 aliphatic rings. The van der Waals surface area contributed by atoms with Crippen LogP contribution in [0, 0.1) is 0 Å². The van der Waals surface area contributed by atoms with Crippen LogP contribution in [-0.4, -0.2) is 15.0 Å². The maximum absolute atomic E-state index is 5.40. The van der Waals surface area contributed by atoms with Gasteiger partial charge in [0.05, 0.1) is 5.41 Å². The molecule has 1 aliphatic carbocycles. The van der Waals surface area contributed by atoms with E-state index in [1.807, 2.05) is 12.1 Å². The molecule has 10 aromatic rings. The Bertz CT molecular complexity index is 2970. The monoisotopic (exact) mass is 751 g/mol. The third-order valence-electron chi connectivity index (χ3n) is 11.8. The van der Waals surface area contributed by atoms with Gasteiger partial charge in [-0.2, -0.15) is 0 Å². The summed E-state index contributed by atoms with van der Waals surface area (Å²) in [5.41, 5.74) is 14.1. The summed E-state index contributed by atoms with van der Waals surface area (Å²) in [6, 6.07) is 79.9. The van der Waals surface area contributed by atoms with Crippen LogP contribution in [0.3, 0.4) is 0 Å². The fourth-order valence-corrected chi connectivity index (χ4v) is 9.14. The summed E-state index contributed by atoms with van der Waals surface area (Å²) in [6.07, 6.45) is 0. The summed E-state index contributed by atoms with van der Waals surface area (Å²) >= 11 is 0. The smallest absolute Gasteiger partial charge is 0.164 e. The number of hydrogen-bond donors (Lipinski definition) is 0. The van der Waals surface area contributed by atoms with Crippen molar-refractivity contribution in [2.75, 3.05) is 0 Å². The van der Waals surface area contributed by atoms with Crippen molar-refractivity contribution < 1.29 is 0 Å². The van der Waals surface area contributed by atoms with Crippen molar-refractivity contribution in [3.05, 3.63) is 247 Å². The largest absolute Gasteiger partial charge is 0.208 e. The van der Waals surface area contributed by atoms with Crippen molar-refractivity contribution in [1.82, 2.24) is 15.0 Å². The molecule has 1 aromatic heterocycles. The molecule has 0 aliphatic heterocycles. The van der Waals surface area contributed by atoms with Crippen LogP contribution in [-0.2, 0) is 5.41 Å². The minimum absolute atomic E-state index is 0.594. The Morgan fingerprint density at radius 2 is 0.712 bits per heavy atom. The van der Waals surface area contributed by atoms with E-state index in [2.05, 4.69) is 212 Å². The molecule has 0 amide bonds. The molecule has 9 aromatic carbocycles. The van der Waals surface area contributed by atoms with Gasteiger partial charge in [0, 0.05) is 16.7 Å². The predicted molar refractivity (Wildman–Crippen MR) is 242 cm³/mol. The van der Waals surface area contributed by atoms with Crippen molar-refractivity contribution in [3.63, 3.8) is 0 Å². The van der Waals surface area contributed by atoms with Crippen LogP contribution in [0.15, 0.2) is 224 Å². The number of rotatable bonds is 7. The lowest BCUT2D eigenvalue weighted by atomic mass is 9.66. The summed E-state index contributed by atoms with van der Waals surface area (Å²) in [7, 11) is 0.